The van der Waals surface area contributed by atoms with E-state index >= 15 is 0 Å². The molecule has 2 rings (SSSR count). The lowest BCUT2D eigenvalue weighted by molar-refractivity contribution is 0.0752. The monoisotopic (exact) mass is 334 g/mol. The fraction of sp³-hybridized carbons (Fsp3) is 0.294. The molecular weight excluding hydrogens is 316 g/mol. The molecule has 1 aromatic carbocycles. The maximum absolute atomic E-state index is 12.6. The van der Waals surface area contributed by atoms with E-state index in [9.17, 15) is 4.79 Å². The number of rotatable bonds is 6. The van der Waals surface area contributed by atoms with Gasteiger partial charge in [0.05, 0.1) is 14.2 Å². The van der Waals surface area contributed by atoms with E-state index < -0.39 is 0 Å². The van der Waals surface area contributed by atoms with Crippen molar-refractivity contribution in [3.05, 3.63) is 52.8 Å². The molecule has 0 aliphatic heterocycles. The highest BCUT2D eigenvalue weighted by Crippen LogP contribution is 2.28. The van der Waals surface area contributed by atoms with Crippen molar-refractivity contribution in [2.75, 3.05) is 20.8 Å². The molecule has 0 N–H and O–H groups in total. The summed E-state index contributed by atoms with van der Waals surface area (Å²) in [7, 11) is 3.18. The van der Waals surface area contributed by atoms with E-state index in [4.69, 9.17) is 21.1 Å². The molecule has 0 bridgehead atoms. The first-order valence-corrected chi connectivity index (χ1v) is 7.58. The Kier molecular flexibility index (Phi) is 5.82. The molecule has 0 unspecified atom stereocenters. The molecule has 0 saturated heterocycles. The first-order valence-electron chi connectivity index (χ1n) is 7.20. The van der Waals surface area contributed by atoms with E-state index in [1.54, 1.807) is 31.3 Å². The van der Waals surface area contributed by atoms with Gasteiger partial charge < -0.3 is 14.4 Å². The SMILES string of the molecule is CCN(Cc1ccc(OC)c(OC)c1)C(=O)c1ccnc(Cl)c1. The van der Waals surface area contributed by atoms with Crippen molar-refractivity contribution in [2.24, 2.45) is 0 Å². The molecule has 1 heterocycles. The summed E-state index contributed by atoms with van der Waals surface area (Å²) in [5, 5.41) is 0.304. The average Bonchev–Trinajstić information content (AvgIpc) is 2.58. The molecule has 5 nitrogen and oxygen atoms in total. The third kappa shape index (κ3) is 4.13. The van der Waals surface area contributed by atoms with Crippen LogP contribution in [0, 0.1) is 0 Å². The van der Waals surface area contributed by atoms with Gasteiger partial charge in [-0.15, -0.1) is 0 Å². The summed E-state index contributed by atoms with van der Waals surface area (Å²) < 4.78 is 10.5. The molecule has 122 valence electrons. The molecule has 0 aliphatic carbocycles. The van der Waals surface area contributed by atoms with Crippen LogP contribution in [0.15, 0.2) is 36.5 Å². The van der Waals surface area contributed by atoms with Crippen molar-refractivity contribution in [1.29, 1.82) is 0 Å². The number of carbonyl (C=O) groups is 1. The number of methoxy groups -OCH3 is 2. The molecular formula is C17H19ClN2O3. The van der Waals surface area contributed by atoms with Gasteiger partial charge in [-0.1, -0.05) is 17.7 Å². The summed E-state index contributed by atoms with van der Waals surface area (Å²) in [6.07, 6.45) is 1.53. The predicted octanol–water partition coefficient (Wildman–Crippen LogP) is 3.41. The van der Waals surface area contributed by atoms with Crippen LogP contribution in [0.3, 0.4) is 0 Å². The van der Waals surface area contributed by atoms with Crippen molar-refractivity contribution in [3.63, 3.8) is 0 Å². The molecule has 2 aromatic rings. The molecule has 0 aliphatic rings. The zero-order valence-electron chi connectivity index (χ0n) is 13.4. The Morgan fingerprint density at radius 2 is 1.91 bits per heavy atom. The molecule has 6 heteroatoms. The first-order chi connectivity index (χ1) is 11.1. The second-order valence-electron chi connectivity index (χ2n) is 4.88. The van der Waals surface area contributed by atoms with Gasteiger partial charge in [0.15, 0.2) is 11.5 Å². The zero-order valence-corrected chi connectivity index (χ0v) is 14.1. The van der Waals surface area contributed by atoms with Crippen molar-refractivity contribution >= 4 is 17.5 Å². The number of benzene rings is 1. The van der Waals surface area contributed by atoms with Crippen LogP contribution in [-0.2, 0) is 6.54 Å². The summed E-state index contributed by atoms with van der Waals surface area (Å²) in [4.78, 5) is 18.2. The summed E-state index contributed by atoms with van der Waals surface area (Å²) >= 11 is 5.86. The molecule has 0 fully saturated rings. The molecule has 0 spiro atoms. The molecule has 0 saturated carbocycles. The van der Waals surface area contributed by atoms with Crippen LogP contribution in [0.2, 0.25) is 5.15 Å². The van der Waals surface area contributed by atoms with Crippen LogP contribution in [0.5, 0.6) is 11.5 Å². The predicted molar refractivity (Wildman–Crippen MR) is 89.2 cm³/mol. The zero-order chi connectivity index (χ0) is 16.8. The number of nitrogens with zero attached hydrogens (tertiary/aromatic N) is 2. The second-order valence-corrected chi connectivity index (χ2v) is 5.26. The highest BCUT2D eigenvalue weighted by Gasteiger charge is 2.16. The van der Waals surface area contributed by atoms with Gasteiger partial charge in [-0.25, -0.2) is 4.98 Å². The maximum Gasteiger partial charge on any atom is 0.254 e. The topological polar surface area (TPSA) is 51.7 Å². The van der Waals surface area contributed by atoms with Crippen LogP contribution >= 0.6 is 11.6 Å². The number of ether oxygens (including phenoxy) is 2. The van der Waals surface area contributed by atoms with Crippen LogP contribution < -0.4 is 9.47 Å². The number of aromatic nitrogens is 1. The van der Waals surface area contributed by atoms with Gasteiger partial charge in [0.2, 0.25) is 0 Å². The minimum Gasteiger partial charge on any atom is -0.493 e. The minimum atomic E-state index is -0.0911. The first kappa shape index (κ1) is 17.1. The summed E-state index contributed by atoms with van der Waals surface area (Å²) in [5.41, 5.74) is 1.48. The van der Waals surface area contributed by atoms with Gasteiger partial charge in [-0.2, -0.15) is 0 Å². The van der Waals surface area contributed by atoms with Crippen LogP contribution in [-0.4, -0.2) is 36.6 Å². The number of hydrogen-bond donors (Lipinski definition) is 0. The Labute approximate surface area is 140 Å². The quantitative estimate of drug-likeness (QED) is 0.760. The van der Waals surface area contributed by atoms with E-state index in [1.165, 1.54) is 6.20 Å². The summed E-state index contributed by atoms with van der Waals surface area (Å²) in [6.45, 7) is 2.98. The molecule has 0 radical (unpaired) electrons. The lowest BCUT2D eigenvalue weighted by atomic mass is 10.1. The molecule has 1 aromatic heterocycles. The average molecular weight is 335 g/mol. The molecule has 0 atom stereocenters. The lowest BCUT2D eigenvalue weighted by Crippen LogP contribution is -2.30. The fourth-order valence-corrected chi connectivity index (χ4v) is 2.42. The number of halogens is 1. The Bertz CT molecular complexity index is 691. The van der Waals surface area contributed by atoms with E-state index in [1.807, 2.05) is 25.1 Å². The van der Waals surface area contributed by atoms with Crippen LogP contribution in [0.1, 0.15) is 22.8 Å². The van der Waals surface area contributed by atoms with Crippen molar-refractivity contribution in [3.8, 4) is 11.5 Å². The van der Waals surface area contributed by atoms with Crippen LogP contribution in [0.4, 0.5) is 0 Å². The normalized spacial score (nSPS) is 10.3. The fourth-order valence-electron chi connectivity index (χ4n) is 2.24. The summed E-state index contributed by atoms with van der Waals surface area (Å²) in [5.74, 6) is 1.21. The van der Waals surface area contributed by atoms with Gasteiger partial charge in [0.25, 0.3) is 5.91 Å². The third-order valence-corrected chi connectivity index (χ3v) is 3.67. The standard InChI is InChI=1S/C17H19ClN2O3/c1-4-20(17(21)13-7-8-19-16(18)10-13)11-12-5-6-14(22-2)15(9-12)23-3/h5-10H,4,11H2,1-3H3. The van der Waals surface area contributed by atoms with Gasteiger partial charge >= 0.3 is 0 Å². The van der Waals surface area contributed by atoms with Gasteiger partial charge in [-0.3, -0.25) is 4.79 Å². The highest BCUT2D eigenvalue weighted by molar-refractivity contribution is 6.29. The van der Waals surface area contributed by atoms with E-state index in [2.05, 4.69) is 4.98 Å². The van der Waals surface area contributed by atoms with E-state index in [-0.39, 0.29) is 5.91 Å². The van der Waals surface area contributed by atoms with Crippen molar-refractivity contribution in [1.82, 2.24) is 9.88 Å². The Morgan fingerprint density at radius 1 is 1.17 bits per heavy atom. The van der Waals surface area contributed by atoms with E-state index in [0.717, 1.165) is 5.56 Å². The van der Waals surface area contributed by atoms with E-state index in [0.29, 0.717) is 35.3 Å². The van der Waals surface area contributed by atoms with Crippen LogP contribution in [0.25, 0.3) is 0 Å². The number of amides is 1. The Balaban J connectivity index is 2.20. The number of hydrogen-bond acceptors (Lipinski definition) is 4. The third-order valence-electron chi connectivity index (χ3n) is 3.46. The Morgan fingerprint density at radius 3 is 2.52 bits per heavy atom. The van der Waals surface area contributed by atoms with Crippen molar-refractivity contribution in [2.45, 2.75) is 13.5 Å². The maximum atomic E-state index is 12.6. The molecule has 1 amide bonds. The highest BCUT2D eigenvalue weighted by atomic mass is 35.5. The second kappa shape index (κ2) is 7.83. The molecule has 23 heavy (non-hydrogen) atoms. The minimum absolute atomic E-state index is 0.0911. The number of pyridine rings is 1. The number of carbonyl (C=O) groups excluding carboxylic acids is 1. The summed E-state index contributed by atoms with van der Waals surface area (Å²) in [6, 6.07) is 8.84. The van der Waals surface area contributed by atoms with Gasteiger partial charge in [-0.05, 0) is 36.8 Å². The van der Waals surface area contributed by atoms with Gasteiger partial charge in [0.1, 0.15) is 5.15 Å². The smallest absolute Gasteiger partial charge is 0.254 e. The Hall–Kier alpha value is -2.27. The van der Waals surface area contributed by atoms with Gasteiger partial charge in [0, 0.05) is 24.8 Å². The largest absolute Gasteiger partial charge is 0.493 e. The van der Waals surface area contributed by atoms with Crippen molar-refractivity contribution < 1.29 is 14.3 Å². The lowest BCUT2D eigenvalue weighted by Gasteiger charge is -2.21.